The molecule has 2 rings (SSSR count). The Balaban J connectivity index is 2.20. The van der Waals surface area contributed by atoms with Gasteiger partial charge >= 0.3 is 6.36 Å². The Morgan fingerprint density at radius 3 is 2.43 bits per heavy atom. The number of nitrogens with one attached hydrogen (secondary N) is 1. The fraction of sp³-hybridized carbons (Fsp3) is 0.143. The van der Waals surface area contributed by atoms with Gasteiger partial charge in [-0.2, -0.15) is 0 Å². The number of benzene rings is 2. The maximum absolute atomic E-state index is 12.2. The van der Waals surface area contributed by atoms with Crippen LogP contribution in [0.1, 0.15) is 5.56 Å². The van der Waals surface area contributed by atoms with E-state index in [4.69, 9.17) is 5.73 Å². The van der Waals surface area contributed by atoms with Gasteiger partial charge in [-0.05, 0) is 64.8 Å². The molecule has 0 fully saturated rings. The van der Waals surface area contributed by atoms with Crippen molar-refractivity contribution in [3.8, 4) is 5.75 Å². The fourth-order valence-corrected chi connectivity index (χ4v) is 2.23. The van der Waals surface area contributed by atoms with Gasteiger partial charge in [-0.3, -0.25) is 0 Å². The highest BCUT2D eigenvalue weighted by Gasteiger charge is 2.31. The molecule has 0 aliphatic rings. The molecule has 0 amide bonds. The van der Waals surface area contributed by atoms with E-state index in [1.807, 2.05) is 6.92 Å². The number of nitrogen functional groups attached to an aromatic ring is 1. The van der Waals surface area contributed by atoms with Gasteiger partial charge in [0.1, 0.15) is 5.75 Å². The van der Waals surface area contributed by atoms with Gasteiger partial charge in [-0.15, -0.1) is 13.2 Å². The zero-order valence-corrected chi connectivity index (χ0v) is 12.5. The van der Waals surface area contributed by atoms with Crippen LogP contribution in [0.15, 0.2) is 40.9 Å². The third kappa shape index (κ3) is 4.29. The number of ether oxygens (including phenoxy) is 1. The summed E-state index contributed by atoms with van der Waals surface area (Å²) in [4.78, 5) is 0. The standard InChI is InChI=1S/C14H12BrF3N2O/c1-8-6-9(19)2-4-12(8)20-10-3-5-13(11(15)7-10)21-14(16,17)18/h2-7,20H,19H2,1H3. The van der Waals surface area contributed by atoms with Crippen LogP contribution in [0.3, 0.4) is 0 Å². The number of nitrogens with two attached hydrogens (primary N) is 1. The average molecular weight is 361 g/mol. The molecule has 0 radical (unpaired) electrons. The van der Waals surface area contributed by atoms with Crippen molar-refractivity contribution in [1.29, 1.82) is 0 Å². The van der Waals surface area contributed by atoms with Crippen LogP contribution >= 0.6 is 15.9 Å². The Kier molecular flexibility index (Phi) is 4.32. The lowest BCUT2D eigenvalue weighted by molar-refractivity contribution is -0.274. The molecule has 0 aliphatic heterocycles. The van der Waals surface area contributed by atoms with E-state index in [0.717, 1.165) is 11.3 Å². The number of hydrogen-bond acceptors (Lipinski definition) is 3. The van der Waals surface area contributed by atoms with Crippen LogP contribution in [-0.2, 0) is 0 Å². The Morgan fingerprint density at radius 1 is 1.14 bits per heavy atom. The zero-order chi connectivity index (χ0) is 15.6. The molecule has 0 atom stereocenters. The molecule has 0 spiro atoms. The molecule has 0 bridgehead atoms. The van der Waals surface area contributed by atoms with Crippen molar-refractivity contribution >= 4 is 33.0 Å². The summed E-state index contributed by atoms with van der Waals surface area (Å²) in [5.41, 5.74) is 8.69. The predicted molar refractivity (Wildman–Crippen MR) is 79.7 cm³/mol. The average Bonchev–Trinajstić information content (AvgIpc) is 2.35. The Morgan fingerprint density at radius 2 is 1.86 bits per heavy atom. The maximum Gasteiger partial charge on any atom is 0.573 e. The second-order valence-electron chi connectivity index (χ2n) is 4.39. The molecule has 21 heavy (non-hydrogen) atoms. The van der Waals surface area contributed by atoms with Crippen molar-refractivity contribution in [2.75, 3.05) is 11.1 Å². The minimum atomic E-state index is -4.72. The van der Waals surface area contributed by atoms with Gasteiger partial charge in [0, 0.05) is 17.1 Å². The number of halogens is 4. The molecule has 3 nitrogen and oxygen atoms in total. The molecule has 7 heteroatoms. The number of aryl methyl sites for hydroxylation is 1. The van der Waals surface area contributed by atoms with Crippen molar-refractivity contribution < 1.29 is 17.9 Å². The van der Waals surface area contributed by atoms with E-state index < -0.39 is 6.36 Å². The summed E-state index contributed by atoms with van der Waals surface area (Å²) in [6, 6.07) is 9.60. The first-order valence-electron chi connectivity index (χ1n) is 5.93. The summed E-state index contributed by atoms with van der Waals surface area (Å²) in [7, 11) is 0. The van der Waals surface area contributed by atoms with Crippen LogP contribution in [0.4, 0.5) is 30.2 Å². The maximum atomic E-state index is 12.2. The first kappa shape index (κ1) is 15.5. The molecule has 0 heterocycles. The lowest BCUT2D eigenvalue weighted by atomic mass is 10.1. The third-order valence-electron chi connectivity index (χ3n) is 2.69. The Labute approximate surface area is 128 Å². The largest absolute Gasteiger partial charge is 0.573 e. The first-order valence-corrected chi connectivity index (χ1v) is 6.72. The van der Waals surface area contributed by atoms with E-state index in [0.29, 0.717) is 11.4 Å². The third-order valence-corrected chi connectivity index (χ3v) is 3.31. The van der Waals surface area contributed by atoms with Crippen LogP contribution in [0, 0.1) is 6.92 Å². The summed E-state index contributed by atoms with van der Waals surface area (Å²) < 4.78 is 40.7. The Bertz CT molecular complexity index is 659. The van der Waals surface area contributed by atoms with Gasteiger partial charge in [0.15, 0.2) is 0 Å². The normalized spacial score (nSPS) is 11.3. The molecule has 0 saturated heterocycles. The minimum Gasteiger partial charge on any atom is -0.405 e. The van der Waals surface area contributed by atoms with Gasteiger partial charge in [0.25, 0.3) is 0 Å². The first-order chi connectivity index (χ1) is 9.74. The Hall–Kier alpha value is -1.89. The van der Waals surface area contributed by atoms with Gasteiger partial charge in [-0.1, -0.05) is 0 Å². The van der Waals surface area contributed by atoms with Gasteiger partial charge in [0.2, 0.25) is 0 Å². The highest BCUT2D eigenvalue weighted by molar-refractivity contribution is 9.10. The quantitative estimate of drug-likeness (QED) is 0.758. The van der Waals surface area contributed by atoms with Crippen LogP contribution in [0.5, 0.6) is 5.75 Å². The van der Waals surface area contributed by atoms with Crippen molar-refractivity contribution in [3.63, 3.8) is 0 Å². The highest BCUT2D eigenvalue weighted by Crippen LogP contribution is 2.33. The second kappa shape index (κ2) is 5.85. The number of hydrogen-bond donors (Lipinski definition) is 2. The van der Waals surface area contributed by atoms with Crippen molar-refractivity contribution in [1.82, 2.24) is 0 Å². The predicted octanol–water partition coefficient (Wildman–Crippen LogP) is 4.98. The van der Waals surface area contributed by atoms with Crippen LogP contribution in [0.2, 0.25) is 0 Å². The molecule has 0 aromatic heterocycles. The fourth-order valence-electron chi connectivity index (χ4n) is 1.77. The van der Waals surface area contributed by atoms with Gasteiger partial charge in [0.05, 0.1) is 4.47 Å². The SMILES string of the molecule is Cc1cc(N)ccc1Nc1ccc(OC(F)(F)F)c(Br)c1. The molecular formula is C14H12BrF3N2O. The monoisotopic (exact) mass is 360 g/mol. The molecular weight excluding hydrogens is 349 g/mol. The molecule has 0 aliphatic carbocycles. The molecule has 112 valence electrons. The van der Waals surface area contributed by atoms with Crippen molar-refractivity contribution in [2.45, 2.75) is 13.3 Å². The highest BCUT2D eigenvalue weighted by atomic mass is 79.9. The second-order valence-corrected chi connectivity index (χ2v) is 5.25. The molecule has 2 aromatic carbocycles. The van der Waals surface area contributed by atoms with Gasteiger partial charge in [-0.25, -0.2) is 0 Å². The van der Waals surface area contributed by atoms with E-state index in [9.17, 15) is 13.2 Å². The van der Waals surface area contributed by atoms with E-state index in [-0.39, 0.29) is 10.2 Å². The van der Waals surface area contributed by atoms with E-state index in [1.54, 1.807) is 18.2 Å². The summed E-state index contributed by atoms with van der Waals surface area (Å²) in [6.45, 7) is 1.88. The summed E-state index contributed by atoms with van der Waals surface area (Å²) >= 11 is 3.06. The van der Waals surface area contributed by atoms with E-state index in [1.165, 1.54) is 18.2 Å². The smallest absolute Gasteiger partial charge is 0.405 e. The van der Waals surface area contributed by atoms with Crippen molar-refractivity contribution in [3.05, 3.63) is 46.4 Å². The lowest BCUT2D eigenvalue weighted by Gasteiger charge is -2.13. The number of anilines is 3. The molecule has 2 aromatic rings. The van der Waals surface area contributed by atoms with Crippen molar-refractivity contribution in [2.24, 2.45) is 0 Å². The summed E-state index contributed by atoms with van der Waals surface area (Å²) in [5, 5.41) is 3.11. The summed E-state index contributed by atoms with van der Waals surface area (Å²) in [6.07, 6.45) is -4.72. The van der Waals surface area contributed by atoms with E-state index >= 15 is 0 Å². The topological polar surface area (TPSA) is 47.3 Å². The van der Waals surface area contributed by atoms with E-state index in [2.05, 4.69) is 26.0 Å². The zero-order valence-electron chi connectivity index (χ0n) is 11.0. The molecule has 0 unspecified atom stereocenters. The van der Waals surface area contributed by atoms with Crippen LogP contribution in [-0.4, -0.2) is 6.36 Å². The van der Waals surface area contributed by atoms with Crippen LogP contribution < -0.4 is 15.8 Å². The molecule has 3 N–H and O–H groups in total. The number of alkyl halides is 3. The minimum absolute atomic E-state index is 0.206. The summed E-state index contributed by atoms with van der Waals surface area (Å²) in [5.74, 6) is -0.290. The number of rotatable bonds is 3. The van der Waals surface area contributed by atoms with Gasteiger partial charge < -0.3 is 15.8 Å². The molecule has 0 saturated carbocycles. The lowest BCUT2D eigenvalue weighted by Crippen LogP contribution is -2.17. The van der Waals surface area contributed by atoms with Crippen LogP contribution in [0.25, 0.3) is 0 Å².